The zero-order valence-electron chi connectivity index (χ0n) is 12.0. The molecule has 0 aromatic rings. The van der Waals surface area contributed by atoms with Crippen LogP contribution in [0.3, 0.4) is 0 Å². The average molecular weight is 259 g/mol. The molecule has 0 aliphatic rings. The Morgan fingerprint density at radius 2 is 1.76 bits per heavy atom. The molecule has 0 atom stereocenters. The molecule has 0 N–H and O–H groups in total. The van der Waals surface area contributed by atoms with Crippen molar-refractivity contribution in [1.82, 2.24) is 0 Å². The van der Waals surface area contributed by atoms with Crippen LogP contribution in [0.5, 0.6) is 0 Å². The molecule has 0 aliphatic heterocycles. The summed E-state index contributed by atoms with van der Waals surface area (Å²) in [6.45, 7) is 5.34. The van der Waals surface area contributed by atoms with Crippen LogP contribution in [0.15, 0.2) is 4.99 Å². The first-order chi connectivity index (χ1) is 8.24. The number of nitrogens with zero attached hydrogens (tertiary/aromatic N) is 1. The Morgan fingerprint density at radius 3 is 2.29 bits per heavy atom. The zero-order valence-corrected chi connectivity index (χ0v) is 13.0. The molecule has 17 heavy (non-hydrogen) atoms. The van der Waals surface area contributed by atoms with E-state index in [4.69, 9.17) is 8.85 Å². The molecular weight excluding hydrogens is 230 g/mol. The van der Waals surface area contributed by atoms with Crippen LogP contribution in [-0.4, -0.2) is 35.5 Å². The van der Waals surface area contributed by atoms with Crippen molar-refractivity contribution in [2.24, 2.45) is 4.99 Å². The number of hydrogen-bond acceptors (Lipinski definition) is 3. The molecule has 3 nitrogen and oxygen atoms in total. The second kappa shape index (κ2) is 10.9. The Kier molecular flexibility index (Phi) is 10.8. The van der Waals surface area contributed by atoms with Gasteiger partial charge >= 0.3 is 8.56 Å². The highest BCUT2D eigenvalue weighted by atomic mass is 28.4. The van der Waals surface area contributed by atoms with Crippen molar-refractivity contribution in [1.29, 1.82) is 0 Å². The molecule has 0 rings (SSSR count). The van der Waals surface area contributed by atoms with Crippen LogP contribution in [0.25, 0.3) is 0 Å². The fraction of sp³-hybridized carbons (Fsp3) is 0.923. The van der Waals surface area contributed by atoms with E-state index in [1.807, 2.05) is 6.21 Å². The van der Waals surface area contributed by atoms with E-state index in [-0.39, 0.29) is 0 Å². The lowest BCUT2D eigenvalue weighted by atomic mass is 10.2. The lowest BCUT2D eigenvalue weighted by Crippen LogP contribution is -2.38. The van der Waals surface area contributed by atoms with E-state index in [9.17, 15) is 0 Å². The number of rotatable bonds is 11. The first-order valence-corrected chi connectivity index (χ1v) is 9.06. The maximum atomic E-state index is 5.55. The van der Waals surface area contributed by atoms with E-state index in [1.165, 1.54) is 25.7 Å². The number of unbranched alkanes of at least 4 members (excludes halogenated alkanes) is 3. The van der Waals surface area contributed by atoms with Crippen LogP contribution in [0.2, 0.25) is 12.1 Å². The highest BCUT2D eigenvalue weighted by molar-refractivity contribution is 6.67. The quantitative estimate of drug-likeness (QED) is 0.321. The van der Waals surface area contributed by atoms with Gasteiger partial charge in [0.2, 0.25) is 0 Å². The van der Waals surface area contributed by atoms with Gasteiger partial charge in [-0.3, -0.25) is 4.99 Å². The van der Waals surface area contributed by atoms with Crippen LogP contribution in [0, 0.1) is 0 Å². The standard InChI is InChI=1S/C13H29NO2Si/c1-5-7-8-9-11-14-12-10-13-17(6-2,15-3)16-4/h12H,5-11,13H2,1-4H3. The summed E-state index contributed by atoms with van der Waals surface area (Å²) in [7, 11) is 1.64. The fourth-order valence-corrected chi connectivity index (χ4v) is 3.92. The molecule has 0 aromatic heterocycles. The molecule has 0 amide bonds. The normalized spacial score (nSPS) is 12.5. The molecule has 0 aliphatic carbocycles. The Balaban J connectivity index is 3.63. The van der Waals surface area contributed by atoms with E-state index >= 15 is 0 Å². The van der Waals surface area contributed by atoms with Gasteiger partial charge in [-0.2, -0.15) is 0 Å². The summed E-state index contributed by atoms with van der Waals surface area (Å²) >= 11 is 0. The van der Waals surface area contributed by atoms with Gasteiger partial charge in [-0.1, -0.05) is 33.1 Å². The maximum absolute atomic E-state index is 5.55. The Bertz CT molecular complexity index is 186. The summed E-state index contributed by atoms with van der Waals surface area (Å²) < 4.78 is 11.1. The minimum absolute atomic E-state index is 0.973. The van der Waals surface area contributed by atoms with Gasteiger partial charge in [0.05, 0.1) is 0 Å². The van der Waals surface area contributed by atoms with Crippen molar-refractivity contribution >= 4 is 14.8 Å². The highest BCUT2D eigenvalue weighted by Gasteiger charge is 2.31. The summed E-state index contributed by atoms with van der Waals surface area (Å²) in [5.74, 6) is 0. The molecule has 0 spiro atoms. The van der Waals surface area contributed by atoms with Crippen LogP contribution >= 0.6 is 0 Å². The maximum Gasteiger partial charge on any atom is 0.337 e. The van der Waals surface area contributed by atoms with Crippen LogP contribution in [0.4, 0.5) is 0 Å². The van der Waals surface area contributed by atoms with Crippen LogP contribution in [0.1, 0.15) is 46.0 Å². The van der Waals surface area contributed by atoms with Gasteiger partial charge < -0.3 is 8.85 Å². The van der Waals surface area contributed by atoms with Gasteiger partial charge in [0.15, 0.2) is 0 Å². The minimum atomic E-state index is -1.89. The SMILES string of the molecule is CCCCCCN=CCC[Si](CC)(OC)OC. The summed E-state index contributed by atoms with van der Waals surface area (Å²) in [4.78, 5) is 4.44. The molecule has 0 radical (unpaired) electrons. The van der Waals surface area contributed by atoms with Gasteiger partial charge in [0.25, 0.3) is 0 Å². The third-order valence-electron chi connectivity index (χ3n) is 3.21. The third-order valence-corrected chi connectivity index (χ3v) is 6.82. The van der Waals surface area contributed by atoms with Crippen molar-refractivity contribution in [3.8, 4) is 0 Å². The van der Waals surface area contributed by atoms with Crippen LogP contribution in [-0.2, 0) is 8.85 Å². The molecule has 0 fully saturated rings. The van der Waals surface area contributed by atoms with Gasteiger partial charge in [-0.25, -0.2) is 0 Å². The Labute approximate surface area is 108 Å². The highest BCUT2D eigenvalue weighted by Crippen LogP contribution is 2.18. The second-order valence-corrected chi connectivity index (χ2v) is 8.21. The number of aliphatic imine (C=N–C) groups is 1. The Morgan fingerprint density at radius 1 is 1.06 bits per heavy atom. The van der Waals surface area contributed by atoms with Gasteiger partial charge in [0.1, 0.15) is 0 Å². The van der Waals surface area contributed by atoms with E-state index in [0.29, 0.717) is 0 Å². The van der Waals surface area contributed by atoms with Gasteiger partial charge in [-0.15, -0.1) is 0 Å². The average Bonchev–Trinajstić information content (AvgIpc) is 2.38. The summed E-state index contributed by atoms with van der Waals surface area (Å²) in [6, 6.07) is 2.01. The largest absolute Gasteiger partial charge is 0.398 e. The van der Waals surface area contributed by atoms with Gasteiger partial charge in [-0.05, 0) is 31.1 Å². The molecule has 0 saturated carbocycles. The molecule has 102 valence electrons. The fourth-order valence-electron chi connectivity index (χ4n) is 1.85. The number of hydrogen-bond donors (Lipinski definition) is 0. The molecule has 0 unspecified atom stereocenters. The first-order valence-electron chi connectivity index (χ1n) is 6.83. The van der Waals surface area contributed by atoms with E-state index in [1.54, 1.807) is 14.2 Å². The van der Waals surface area contributed by atoms with Crippen molar-refractivity contribution in [3.05, 3.63) is 0 Å². The van der Waals surface area contributed by atoms with Gasteiger partial charge in [0, 0.05) is 20.8 Å². The molecular formula is C13H29NO2Si. The second-order valence-electron chi connectivity index (χ2n) is 4.36. The molecule has 0 heterocycles. The predicted molar refractivity (Wildman–Crippen MR) is 77.2 cm³/mol. The topological polar surface area (TPSA) is 30.8 Å². The van der Waals surface area contributed by atoms with Crippen molar-refractivity contribution in [3.63, 3.8) is 0 Å². The monoisotopic (exact) mass is 259 g/mol. The Hall–Kier alpha value is -0.193. The third kappa shape index (κ3) is 7.68. The molecule has 0 bridgehead atoms. The van der Waals surface area contributed by atoms with E-state index in [0.717, 1.165) is 25.1 Å². The smallest absolute Gasteiger partial charge is 0.337 e. The van der Waals surface area contributed by atoms with Crippen LogP contribution < -0.4 is 0 Å². The lowest BCUT2D eigenvalue weighted by molar-refractivity contribution is 0.243. The summed E-state index contributed by atoms with van der Waals surface area (Å²) in [6.07, 6.45) is 8.16. The molecule has 0 saturated heterocycles. The minimum Gasteiger partial charge on any atom is -0.398 e. The summed E-state index contributed by atoms with van der Waals surface area (Å²) in [5, 5.41) is 0. The molecule has 4 heteroatoms. The summed E-state index contributed by atoms with van der Waals surface area (Å²) in [5.41, 5.74) is 0. The lowest BCUT2D eigenvalue weighted by Gasteiger charge is -2.25. The predicted octanol–water partition coefficient (Wildman–Crippen LogP) is 3.78. The van der Waals surface area contributed by atoms with Crippen molar-refractivity contribution in [2.45, 2.75) is 58.0 Å². The molecule has 0 aromatic carbocycles. The zero-order chi connectivity index (χ0) is 13.0. The van der Waals surface area contributed by atoms with Crippen molar-refractivity contribution in [2.75, 3.05) is 20.8 Å². The van der Waals surface area contributed by atoms with E-state index < -0.39 is 8.56 Å². The van der Waals surface area contributed by atoms with E-state index in [2.05, 4.69) is 18.8 Å². The first kappa shape index (κ1) is 16.8. The van der Waals surface area contributed by atoms with Crippen molar-refractivity contribution < 1.29 is 8.85 Å².